The summed E-state index contributed by atoms with van der Waals surface area (Å²) in [5, 5.41) is 14.3. The summed E-state index contributed by atoms with van der Waals surface area (Å²) < 4.78 is 2.00. The van der Waals surface area contributed by atoms with Crippen LogP contribution in [-0.4, -0.2) is 14.5 Å². The van der Waals surface area contributed by atoms with E-state index in [0.29, 0.717) is 12.2 Å². The van der Waals surface area contributed by atoms with E-state index in [4.69, 9.17) is 0 Å². The molecule has 0 atom stereocenters. The topological polar surface area (TPSA) is 73.0 Å². The van der Waals surface area contributed by atoms with Gasteiger partial charge in [-0.15, -0.1) is 0 Å². The first kappa shape index (κ1) is 15.7. The van der Waals surface area contributed by atoms with E-state index < -0.39 is 0 Å². The van der Waals surface area contributed by atoms with Crippen molar-refractivity contribution in [2.45, 2.75) is 20.0 Å². The molecule has 0 saturated heterocycles. The molecule has 0 fully saturated rings. The predicted molar refractivity (Wildman–Crippen MR) is 92.9 cm³/mol. The highest BCUT2D eigenvalue weighted by molar-refractivity contribution is 5.66. The number of nitro benzene ring substituents is 1. The predicted octanol–water partition coefficient (Wildman–Crippen LogP) is 3.76. The summed E-state index contributed by atoms with van der Waals surface area (Å²) in [5.74, 6) is 0. The van der Waals surface area contributed by atoms with E-state index in [0.717, 1.165) is 17.7 Å². The number of imidazole rings is 1. The van der Waals surface area contributed by atoms with Gasteiger partial charge in [0.25, 0.3) is 5.69 Å². The molecule has 0 amide bonds. The summed E-state index contributed by atoms with van der Waals surface area (Å²) in [4.78, 5) is 14.8. The lowest BCUT2D eigenvalue weighted by molar-refractivity contribution is -0.384. The van der Waals surface area contributed by atoms with Gasteiger partial charge in [0.15, 0.2) is 0 Å². The molecule has 0 saturated carbocycles. The third-order valence-electron chi connectivity index (χ3n) is 3.86. The van der Waals surface area contributed by atoms with Crippen molar-refractivity contribution >= 4 is 11.4 Å². The highest BCUT2D eigenvalue weighted by Crippen LogP contribution is 2.28. The second kappa shape index (κ2) is 6.95. The Balaban J connectivity index is 1.68. The van der Waals surface area contributed by atoms with E-state index in [1.807, 2.05) is 35.9 Å². The number of nitrogens with one attached hydrogen (secondary N) is 1. The second-order valence-corrected chi connectivity index (χ2v) is 5.63. The maximum absolute atomic E-state index is 11.1. The molecule has 0 radical (unpaired) electrons. The van der Waals surface area contributed by atoms with Crippen LogP contribution in [0.3, 0.4) is 0 Å². The lowest BCUT2D eigenvalue weighted by Gasteiger charge is -2.10. The van der Waals surface area contributed by atoms with Crippen LogP contribution in [-0.2, 0) is 13.1 Å². The molecule has 0 aliphatic heterocycles. The van der Waals surface area contributed by atoms with Crippen LogP contribution in [0.15, 0.2) is 61.2 Å². The Morgan fingerprint density at radius 3 is 2.58 bits per heavy atom. The number of aromatic nitrogens is 2. The van der Waals surface area contributed by atoms with Gasteiger partial charge in [0.2, 0.25) is 0 Å². The standard InChI is InChI=1S/C18H18N4O2/c1-14-3-2-4-17(22(23)24)18(14)20-11-15-5-7-16(8-6-15)12-21-10-9-19-13-21/h2-10,13,20H,11-12H2,1H3. The van der Waals surface area contributed by atoms with Crippen LogP contribution in [0.4, 0.5) is 11.4 Å². The van der Waals surface area contributed by atoms with Crippen molar-refractivity contribution in [1.82, 2.24) is 9.55 Å². The number of hydrogen-bond donors (Lipinski definition) is 1. The fourth-order valence-electron chi connectivity index (χ4n) is 2.58. The van der Waals surface area contributed by atoms with Gasteiger partial charge in [0.1, 0.15) is 5.69 Å². The second-order valence-electron chi connectivity index (χ2n) is 5.63. The zero-order valence-electron chi connectivity index (χ0n) is 13.3. The minimum absolute atomic E-state index is 0.103. The molecule has 0 spiro atoms. The fourth-order valence-corrected chi connectivity index (χ4v) is 2.58. The van der Waals surface area contributed by atoms with Crippen LogP contribution in [0.2, 0.25) is 0 Å². The quantitative estimate of drug-likeness (QED) is 0.554. The monoisotopic (exact) mass is 322 g/mol. The van der Waals surface area contributed by atoms with E-state index in [-0.39, 0.29) is 10.6 Å². The summed E-state index contributed by atoms with van der Waals surface area (Å²) in [7, 11) is 0. The lowest BCUT2D eigenvalue weighted by atomic mass is 10.1. The molecule has 0 aliphatic carbocycles. The first-order chi connectivity index (χ1) is 11.6. The zero-order valence-corrected chi connectivity index (χ0v) is 13.3. The number of nitrogens with zero attached hydrogens (tertiary/aromatic N) is 3. The average molecular weight is 322 g/mol. The Labute approximate surface area is 139 Å². The normalized spacial score (nSPS) is 10.5. The number of rotatable bonds is 6. The molecule has 3 aromatic rings. The first-order valence-corrected chi connectivity index (χ1v) is 7.65. The maximum Gasteiger partial charge on any atom is 0.292 e. The molecule has 2 aromatic carbocycles. The first-order valence-electron chi connectivity index (χ1n) is 7.65. The molecular weight excluding hydrogens is 304 g/mol. The van der Waals surface area contributed by atoms with E-state index in [1.165, 1.54) is 11.6 Å². The van der Waals surface area contributed by atoms with Gasteiger partial charge in [-0.05, 0) is 23.6 Å². The number of para-hydroxylation sites is 1. The van der Waals surface area contributed by atoms with Gasteiger partial charge in [-0.2, -0.15) is 0 Å². The van der Waals surface area contributed by atoms with Crippen molar-refractivity contribution in [2.24, 2.45) is 0 Å². The maximum atomic E-state index is 11.1. The molecule has 0 aliphatic rings. The van der Waals surface area contributed by atoms with Gasteiger partial charge in [-0.1, -0.05) is 36.4 Å². The molecule has 24 heavy (non-hydrogen) atoms. The summed E-state index contributed by atoms with van der Waals surface area (Å²) in [6.07, 6.45) is 5.47. The largest absolute Gasteiger partial charge is 0.375 e. The molecule has 1 heterocycles. The van der Waals surface area contributed by atoms with Crippen LogP contribution in [0.1, 0.15) is 16.7 Å². The van der Waals surface area contributed by atoms with Crippen LogP contribution in [0.25, 0.3) is 0 Å². The van der Waals surface area contributed by atoms with Crippen molar-refractivity contribution in [3.8, 4) is 0 Å². The number of hydrogen-bond acceptors (Lipinski definition) is 4. The van der Waals surface area contributed by atoms with E-state index in [2.05, 4.69) is 22.4 Å². The molecule has 6 heteroatoms. The highest BCUT2D eigenvalue weighted by Gasteiger charge is 2.14. The van der Waals surface area contributed by atoms with Crippen LogP contribution >= 0.6 is 0 Å². The fraction of sp³-hybridized carbons (Fsp3) is 0.167. The molecule has 0 bridgehead atoms. The number of aryl methyl sites for hydroxylation is 1. The molecule has 0 unspecified atom stereocenters. The summed E-state index contributed by atoms with van der Waals surface area (Å²) in [6, 6.07) is 13.3. The Morgan fingerprint density at radius 2 is 1.92 bits per heavy atom. The van der Waals surface area contributed by atoms with Crippen molar-refractivity contribution in [3.05, 3.63) is 88.0 Å². The number of benzene rings is 2. The molecule has 1 N–H and O–H groups in total. The van der Waals surface area contributed by atoms with E-state index in [1.54, 1.807) is 18.6 Å². The molecule has 3 rings (SSSR count). The molecule has 6 nitrogen and oxygen atoms in total. The number of nitro groups is 1. The van der Waals surface area contributed by atoms with Gasteiger partial charge in [0, 0.05) is 31.5 Å². The summed E-state index contributed by atoms with van der Waals surface area (Å²) in [5.41, 5.74) is 3.79. The van der Waals surface area contributed by atoms with Gasteiger partial charge >= 0.3 is 0 Å². The third-order valence-corrected chi connectivity index (χ3v) is 3.86. The Morgan fingerprint density at radius 1 is 1.17 bits per heavy atom. The van der Waals surface area contributed by atoms with Crippen molar-refractivity contribution in [3.63, 3.8) is 0 Å². The van der Waals surface area contributed by atoms with Gasteiger partial charge in [-0.3, -0.25) is 10.1 Å². The SMILES string of the molecule is Cc1cccc([N+](=O)[O-])c1NCc1ccc(Cn2ccnc2)cc1. The summed E-state index contributed by atoms with van der Waals surface area (Å²) >= 11 is 0. The number of anilines is 1. The lowest BCUT2D eigenvalue weighted by Crippen LogP contribution is -2.04. The average Bonchev–Trinajstić information content (AvgIpc) is 3.08. The third kappa shape index (κ3) is 3.60. The zero-order chi connectivity index (χ0) is 16.9. The summed E-state index contributed by atoms with van der Waals surface area (Å²) in [6.45, 7) is 3.18. The van der Waals surface area contributed by atoms with Crippen molar-refractivity contribution in [2.75, 3.05) is 5.32 Å². The molecule has 1 aromatic heterocycles. The van der Waals surface area contributed by atoms with E-state index in [9.17, 15) is 10.1 Å². The molecule has 122 valence electrons. The smallest absolute Gasteiger partial charge is 0.292 e. The van der Waals surface area contributed by atoms with Gasteiger partial charge in [-0.25, -0.2) is 4.98 Å². The van der Waals surface area contributed by atoms with Crippen molar-refractivity contribution in [1.29, 1.82) is 0 Å². The van der Waals surface area contributed by atoms with Crippen molar-refractivity contribution < 1.29 is 4.92 Å². The Bertz CT molecular complexity index is 827. The highest BCUT2D eigenvalue weighted by atomic mass is 16.6. The molecular formula is C18H18N4O2. The minimum Gasteiger partial charge on any atom is -0.375 e. The van der Waals surface area contributed by atoms with E-state index >= 15 is 0 Å². The van der Waals surface area contributed by atoms with Crippen LogP contribution in [0, 0.1) is 17.0 Å². The Kier molecular flexibility index (Phi) is 4.56. The van der Waals surface area contributed by atoms with Crippen LogP contribution < -0.4 is 5.32 Å². The Hall–Kier alpha value is -3.15. The van der Waals surface area contributed by atoms with Crippen LogP contribution in [0.5, 0.6) is 0 Å². The van der Waals surface area contributed by atoms with Gasteiger partial charge < -0.3 is 9.88 Å². The van der Waals surface area contributed by atoms with Gasteiger partial charge in [0.05, 0.1) is 11.3 Å². The minimum atomic E-state index is -0.358.